The molecule has 0 saturated heterocycles. The third kappa shape index (κ3) is 1.97. The van der Waals surface area contributed by atoms with Gasteiger partial charge in [0.2, 0.25) is 0 Å². The smallest absolute Gasteiger partial charge is 0.0959 e. The monoisotopic (exact) mass is 298 g/mol. The van der Waals surface area contributed by atoms with Crippen LogP contribution in [0.25, 0.3) is 0 Å². The van der Waals surface area contributed by atoms with E-state index in [1.54, 1.807) is 11.1 Å². The van der Waals surface area contributed by atoms with Gasteiger partial charge < -0.3 is 4.74 Å². The Hall–Kier alpha value is -0.980. The summed E-state index contributed by atoms with van der Waals surface area (Å²) in [6, 6.07) is 0. The van der Waals surface area contributed by atoms with Gasteiger partial charge in [-0.15, -0.1) is 0 Å². The summed E-state index contributed by atoms with van der Waals surface area (Å²) in [5, 5.41) is 0. The molecule has 0 amide bonds. The Morgan fingerprint density at radius 1 is 1.23 bits per heavy atom. The summed E-state index contributed by atoms with van der Waals surface area (Å²) in [4.78, 5) is 0. The van der Waals surface area contributed by atoms with Gasteiger partial charge in [-0.2, -0.15) is 0 Å². The first-order chi connectivity index (χ1) is 10.7. The second kappa shape index (κ2) is 5.28. The number of rotatable bonds is 1. The molecular formula is C21H30O. The predicted molar refractivity (Wildman–Crippen MR) is 91.4 cm³/mol. The van der Waals surface area contributed by atoms with Gasteiger partial charge in [-0.3, -0.25) is 0 Å². The van der Waals surface area contributed by atoms with Crippen LogP contribution in [0.4, 0.5) is 0 Å². The molecule has 0 unspecified atom stereocenters. The Kier molecular flexibility index (Phi) is 3.51. The highest BCUT2D eigenvalue weighted by Crippen LogP contribution is 2.62. The Morgan fingerprint density at radius 3 is 2.86 bits per heavy atom. The predicted octanol–water partition coefficient (Wildman–Crippen LogP) is 5.79. The molecule has 4 aliphatic rings. The van der Waals surface area contributed by atoms with E-state index >= 15 is 0 Å². The van der Waals surface area contributed by atoms with Gasteiger partial charge >= 0.3 is 0 Å². The van der Waals surface area contributed by atoms with E-state index in [-0.39, 0.29) is 0 Å². The van der Waals surface area contributed by atoms with Crippen LogP contribution in [0.5, 0.6) is 0 Å². The highest BCUT2D eigenvalue weighted by atomic mass is 16.5. The fraction of sp³-hybridized carbons (Fsp3) is 0.714. The van der Waals surface area contributed by atoms with Gasteiger partial charge in [-0.1, -0.05) is 29.7 Å². The van der Waals surface area contributed by atoms with Gasteiger partial charge in [0.05, 0.1) is 12.9 Å². The van der Waals surface area contributed by atoms with Crippen LogP contribution in [0.15, 0.2) is 34.6 Å². The van der Waals surface area contributed by atoms with E-state index in [0.717, 1.165) is 24.2 Å². The van der Waals surface area contributed by atoms with Crippen LogP contribution < -0.4 is 0 Å². The summed E-state index contributed by atoms with van der Waals surface area (Å²) in [6.45, 7) is 4.83. The summed E-state index contributed by atoms with van der Waals surface area (Å²) in [5.74, 6) is 3.98. The Morgan fingerprint density at radius 2 is 2.09 bits per heavy atom. The maximum Gasteiger partial charge on any atom is 0.0959 e. The number of fused-ring (bicyclic) bond motifs is 4. The zero-order valence-corrected chi connectivity index (χ0v) is 14.5. The summed E-state index contributed by atoms with van der Waals surface area (Å²) in [5.41, 5.74) is 5.83. The lowest BCUT2D eigenvalue weighted by molar-refractivity contribution is 0.0616. The van der Waals surface area contributed by atoms with Gasteiger partial charge in [0, 0.05) is 6.42 Å². The molecule has 4 atom stereocenters. The lowest BCUT2D eigenvalue weighted by Gasteiger charge is -2.50. The van der Waals surface area contributed by atoms with Crippen molar-refractivity contribution in [1.82, 2.24) is 0 Å². The quantitative estimate of drug-likeness (QED) is 0.557. The van der Waals surface area contributed by atoms with E-state index in [0.29, 0.717) is 5.41 Å². The van der Waals surface area contributed by atoms with Gasteiger partial charge in [-0.05, 0) is 81.1 Å². The van der Waals surface area contributed by atoms with Crippen LogP contribution in [0.3, 0.4) is 0 Å². The second-order valence-corrected chi connectivity index (χ2v) is 8.11. The van der Waals surface area contributed by atoms with E-state index in [9.17, 15) is 0 Å². The van der Waals surface area contributed by atoms with E-state index in [1.165, 1.54) is 50.7 Å². The largest absolute Gasteiger partial charge is 0.501 e. The van der Waals surface area contributed by atoms with Crippen molar-refractivity contribution >= 4 is 0 Å². The van der Waals surface area contributed by atoms with Crippen molar-refractivity contribution in [2.45, 2.75) is 65.2 Å². The lowest BCUT2D eigenvalue weighted by Crippen LogP contribution is -2.41. The standard InChI is InChI=1S/C21H30O/c1-4-15-6-10-20-19-8-5-14-13-16(22-3)7-9-17(14)18(19)11-12-21(15,20)2/h4,7,18-20H,5-6,8-13H2,1-3H3/t18-,19-,20+,21-/m1/s1. The van der Waals surface area contributed by atoms with Crippen molar-refractivity contribution < 1.29 is 4.74 Å². The van der Waals surface area contributed by atoms with Crippen LogP contribution in [-0.2, 0) is 4.74 Å². The number of ether oxygens (including phenoxy) is 1. The highest BCUT2D eigenvalue weighted by molar-refractivity contribution is 5.34. The number of methoxy groups -OCH3 is 1. The second-order valence-electron chi connectivity index (χ2n) is 8.11. The maximum atomic E-state index is 5.51. The zero-order valence-electron chi connectivity index (χ0n) is 14.5. The molecular weight excluding hydrogens is 268 g/mol. The minimum atomic E-state index is 0.524. The van der Waals surface area contributed by atoms with E-state index < -0.39 is 0 Å². The summed E-state index contributed by atoms with van der Waals surface area (Å²) in [7, 11) is 1.83. The van der Waals surface area contributed by atoms with E-state index in [4.69, 9.17) is 4.74 Å². The molecule has 0 aliphatic heterocycles. The summed E-state index contributed by atoms with van der Waals surface area (Å²) >= 11 is 0. The van der Waals surface area contributed by atoms with Crippen molar-refractivity contribution in [2.24, 2.45) is 23.2 Å². The topological polar surface area (TPSA) is 9.23 Å². The molecule has 1 nitrogen and oxygen atoms in total. The molecule has 120 valence electrons. The van der Waals surface area contributed by atoms with Gasteiger partial charge in [0.15, 0.2) is 0 Å². The molecule has 2 saturated carbocycles. The Balaban J connectivity index is 1.62. The number of allylic oxidation sites excluding steroid dienone is 5. The van der Waals surface area contributed by atoms with Crippen LogP contribution in [0, 0.1) is 23.2 Å². The average molecular weight is 298 g/mol. The van der Waals surface area contributed by atoms with Gasteiger partial charge in [0.25, 0.3) is 0 Å². The van der Waals surface area contributed by atoms with E-state index in [2.05, 4.69) is 26.0 Å². The molecule has 4 aliphatic carbocycles. The SMILES string of the molecule is CC=C1CC[C@H]2[C@@H]3CCC4=C(CC=C(OC)C4)[C@H]3CC[C@]12C. The van der Waals surface area contributed by atoms with Crippen molar-refractivity contribution in [2.75, 3.05) is 7.11 Å². The molecule has 0 N–H and O–H groups in total. The minimum Gasteiger partial charge on any atom is -0.501 e. The molecule has 0 spiro atoms. The first-order valence-corrected chi connectivity index (χ1v) is 9.27. The molecule has 2 fully saturated rings. The first-order valence-electron chi connectivity index (χ1n) is 9.27. The highest BCUT2D eigenvalue weighted by Gasteiger charge is 2.52. The Labute approximate surface area is 135 Å². The lowest BCUT2D eigenvalue weighted by atomic mass is 9.54. The van der Waals surface area contributed by atoms with Crippen LogP contribution >= 0.6 is 0 Å². The summed E-state index contributed by atoms with van der Waals surface area (Å²) in [6.07, 6.45) is 15.4. The normalized spacial score (nSPS) is 42.6. The van der Waals surface area contributed by atoms with Crippen LogP contribution in [0.2, 0.25) is 0 Å². The molecule has 0 bridgehead atoms. The van der Waals surface area contributed by atoms with Crippen molar-refractivity contribution in [3.05, 3.63) is 34.6 Å². The Bertz CT molecular complexity index is 564. The van der Waals surface area contributed by atoms with Crippen molar-refractivity contribution in [3.8, 4) is 0 Å². The number of hydrogen-bond acceptors (Lipinski definition) is 1. The third-order valence-electron chi connectivity index (χ3n) is 7.51. The minimum absolute atomic E-state index is 0.524. The molecule has 0 heterocycles. The fourth-order valence-corrected chi connectivity index (χ4v) is 6.37. The molecule has 4 rings (SSSR count). The van der Waals surface area contributed by atoms with E-state index in [1.807, 2.05) is 12.7 Å². The van der Waals surface area contributed by atoms with Gasteiger partial charge in [0.1, 0.15) is 0 Å². The maximum absolute atomic E-state index is 5.51. The van der Waals surface area contributed by atoms with Crippen molar-refractivity contribution in [1.29, 1.82) is 0 Å². The van der Waals surface area contributed by atoms with Crippen LogP contribution in [-0.4, -0.2) is 7.11 Å². The number of hydrogen-bond donors (Lipinski definition) is 0. The third-order valence-corrected chi connectivity index (χ3v) is 7.51. The zero-order chi connectivity index (χ0) is 15.3. The first kappa shape index (κ1) is 14.6. The molecule has 0 radical (unpaired) electrons. The fourth-order valence-electron chi connectivity index (χ4n) is 6.37. The molecule has 1 heteroatoms. The molecule has 0 aromatic heterocycles. The van der Waals surface area contributed by atoms with Crippen LogP contribution in [0.1, 0.15) is 65.2 Å². The van der Waals surface area contributed by atoms with Crippen molar-refractivity contribution in [3.63, 3.8) is 0 Å². The van der Waals surface area contributed by atoms with Gasteiger partial charge in [-0.25, -0.2) is 0 Å². The molecule has 0 aromatic carbocycles. The molecule has 22 heavy (non-hydrogen) atoms. The summed E-state index contributed by atoms with van der Waals surface area (Å²) < 4.78 is 5.51. The molecule has 0 aromatic rings. The average Bonchev–Trinajstić information content (AvgIpc) is 2.90.